The van der Waals surface area contributed by atoms with Crippen molar-refractivity contribution < 1.29 is 28.6 Å². The molecule has 0 aliphatic carbocycles. The maximum absolute atomic E-state index is 12.6. The lowest BCUT2D eigenvalue weighted by atomic mass is 9.92. The molecule has 0 spiro atoms. The van der Waals surface area contributed by atoms with E-state index in [0.717, 1.165) is 12.0 Å². The van der Waals surface area contributed by atoms with E-state index in [1.165, 1.54) is 6.07 Å². The van der Waals surface area contributed by atoms with Crippen LogP contribution in [-0.2, 0) is 22.4 Å². The van der Waals surface area contributed by atoms with Crippen molar-refractivity contribution in [2.24, 2.45) is 0 Å². The van der Waals surface area contributed by atoms with Crippen LogP contribution in [0, 0.1) is 6.92 Å². The zero-order chi connectivity index (χ0) is 25.3. The second kappa shape index (κ2) is 9.62. The van der Waals surface area contributed by atoms with Gasteiger partial charge in [0, 0.05) is 29.1 Å². The van der Waals surface area contributed by atoms with Gasteiger partial charge in [-0.05, 0) is 56.9 Å². The number of carboxylic acid groups (broad SMARTS) is 1. The van der Waals surface area contributed by atoms with Gasteiger partial charge in [0.15, 0.2) is 6.61 Å². The predicted octanol–water partition coefficient (Wildman–Crippen LogP) is 4.05. The second-order valence-electron chi connectivity index (χ2n) is 9.24. The molecule has 0 unspecified atom stereocenters. The maximum atomic E-state index is 12.6. The Morgan fingerprint density at radius 2 is 1.94 bits per heavy atom. The van der Waals surface area contributed by atoms with Gasteiger partial charge >= 0.3 is 11.6 Å². The van der Waals surface area contributed by atoms with Crippen LogP contribution >= 0.6 is 11.6 Å². The predicted molar refractivity (Wildman–Crippen MR) is 130 cm³/mol. The van der Waals surface area contributed by atoms with Gasteiger partial charge in [0.2, 0.25) is 0 Å². The van der Waals surface area contributed by atoms with Crippen LogP contribution in [-0.4, -0.2) is 35.2 Å². The Kier molecular flexibility index (Phi) is 6.76. The fraction of sp³-hybridized carbons (Fsp3) is 0.346. The largest absolute Gasteiger partial charge is 0.487 e. The number of carboxylic acids is 1. The van der Waals surface area contributed by atoms with Crippen LogP contribution in [0.5, 0.6) is 11.5 Å². The average Bonchev–Trinajstić information content (AvgIpc) is 2.77. The number of benzene rings is 2. The van der Waals surface area contributed by atoms with E-state index in [1.54, 1.807) is 37.3 Å². The number of carbonyl (C=O) groups is 2. The van der Waals surface area contributed by atoms with E-state index in [1.807, 2.05) is 13.8 Å². The van der Waals surface area contributed by atoms with Gasteiger partial charge in [-0.25, -0.2) is 9.59 Å². The Labute approximate surface area is 206 Å². The molecule has 35 heavy (non-hydrogen) atoms. The highest BCUT2D eigenvalue weighted by atomic mass is 35.5. The summed E-state index contributed by atoms with van der Waals surface area (Å²) in [4.78, 5) is 36.4. The van der Waals surface area contributed by atoms with Gasteiger partial charge < -0.3 is 24.3 Å². The summed E-state index contributed by atoms with van der Waals surface area (Å²) < 4.78 is 17.4. The van der Waals surface area contributed by atoms with Gasteiger partial charge in [-0.15, -0.1) is 0 Å². The molecule has 1 atom stereocenters. The van der Waals surface area contributed by atoms with Crippen molar-refractivity contribution in [2.75, 3.05) is 6.61 Å². The summed E-state index contributed by atoms with van der Waals surface area (Å²) in [5.74, 6) is -0.921. The standard InChI is InChI=1S/C26H26ClNO7/c1-14-10-22(30)34-24-17-8-9-26(2,3)35-19(17)12-20(23(14)24)33-13-21(29)28-18(25(31)32)11-15-4-6-16(27)7-5-15/h4-7,10,12,18H,8-9,11,13H2,1-3H3,(H,28,29)(H,31,32)/t18-/m1/s1. The number of amides is 1. The number of nitrogens with one attached hydrogen (secondary N) is 1. The molecule has 3 aromatic rings. The van der Waals surface area contributed by atoms with Crippen LogP contribution in [0.2, 0.25) is 5.02 Å². The Morgan fingerprint density at radius 1 is 1.23 bits per heavy atom. The zero-order valence-electron chi connectivity index (χ0n) is 19.6. The third-order valence-corrected chi connectivity index (χ3v) is 6.20. The minimum absolute atomic E-state index is 0.0905. The van der Waals surface area contributed by atoms with E-state index >= 15 is 0 Å². The van der Waals surface area contributed by atoms with Gasteiger partial charge in [-0.2, -0.15) is 0 Å². The Hall–Kier alpha value is -3.52. The number of fused-ring (bicyclic) bond motifs is 3. The first-order chi connectivity index (χ1) is 16.5. The minimum Gasteiger partial charge on any atom is -0.487 e. The van der Waals surface area contributed by atoms with Crippen LogP contribution in [0.15, 0.2) is 45.6 Å². The molecule has 1 aliphatic rings. The molecule has 2 aromatic carbocycles. The molecule has 2 heterocycles. The van der Waals surface area contributed by atoms with Gasteiger partial charge in [0.25, 0.3) is 5.91 Å². The average molecular weight is 500 g/mol. The lowest BCUT2D eigenvalue weighted by molar-refractivity contribution is -0.142. The first kappa shape index (κ1) is 24.6. The van der Waals surface area contributed by atoms with Gasteiger partial charge in [-0.1, -0.05) is 23.7 Å². The Morgan fingerprint density at radius 3 is 2.63 bits per heavy atom. The molecule has 0 fully saturated rings. The highest BCUT2D eigenvalue weighted by Gasteiger charge is 2.30. The van der Waals surface area contributed by atoms with E-state index in [4.69, 9.17) is 25.5 Å². The summed E-state index contributed by atoms with van der Waals surface area (Å²) in [6, 6.07) is 8.65. The van der Waals surface area contributed by atoms with Gasteiger partial charge in [0.05, 0.1) is 5.39 Å². The maximum Gasteiger partial charge on any atom is 0.336 e. The number of rotatable bonds is 7. The quantitative estimate of drug-likeness (QED) is 0.471. The molecule has 0 radical (unpaired) electrons. The molecule has 1 amide bonds. The van der Waals surface area contributed by atoms with E-state index < -0.39 is 35.8 Å². The van der Waals surface area contributed by atoms with Crippen molar-refractivity contribution in [3.63, 3.8) is 0 Å². The monoisotopic (exact) mass is 499 g/mol. The Bertz CT molecular complexity index is 1340. The zero-order valence-corrected chi connectivity index (χ0v) is 20.4. The van der Waals surface area contributed by atoms with Crippen LogP contribution < -0.4 is 20.4 Å². The number of hydrogen-bond donors (Lipinski definition) is 2. The molecular formula is C26H26ClNO7. The molecule has 1 aromatic heterocycles. The summed E-state index contributed by atoms with van der Waals surface area (Å²) in [6.07, 6.45) is 1.50. The molecule has 0 saturated heterocycles. The number of halogens is 1. The van der Waals surface area contributed by atoms with Crippen molar-refractivity contribution in [1.82, 2.24) is 5.32 Å². The number of ether oxygens (including phenoxy) is 2. The summed E-state index contributed by atoms with van der Waals surface area (Å²) in [7, 11) is 0. The van der Waals surface area contributed by atoms with Crippen LogP contribution in [0.4, 0.5) is 0 Å². The third-order valence-electron chi connectivity index (χ3n) is 5.95. The molecule has 8 nitrogen and oxygen atoms in total. The topological polar surface area (TPSA) is 115 Å². The summed E-state index contributed by atoms with van der Waals surface area (Å²) in [5.41, 5.74) is 1.63. The molecule has 9 heteroatoms. The summed E-state index contributed by atoms with van der Waals surface area (Å²) >= 11 is 5.88. The third kappa shape index (κ3) is 5.59. The lowest BCUT2D eigenvalue weighted by Gasteiger charge is -2.33. The van der Waals surface area contributed by atoms with E-state index in [2.05, 4.69) is 5.32 Å². The fourth-order valence-corrected chi connectivity index (χ4v) is 4.30. The number of hydrogen-bond acceptors (Lipinski definition) is 6. The van der Waals surface area contributed by atoms with Crippen molar-refractivity contribution in [2.45, 2.75) is 51.7 Å². The van der Waals surface area contributed by atoms with Gasteiger partial charge in [0.1, 0.15) is 28.7 Å². The van der Waals surface area contributed by atoms with Crippen molar-refractivity contribution in [1.29, 1.82) is 0 Å². The molecule has 1 aliphatic heterocycles. The molecular weight excluding hydrogens is 474 g/mol. The lowest BCUT2D eigenvalue weighted by Crippen LogP contribution is -2.44. The molecule has 4 rings (SSSR count). The molecule has 0 saturated carbocycles. The minimum atomic E-state index is -1.17. The number of aryl methyl sites for hydroxylation is 2. The highest BCUT2D eigenvalue weighted by Crippen LogP contribution is 2.42. The number of carbonyl (C=O) groups excluding carboxylic acids is 1. The van der Waals surface area contributed by atoms with Crippen LogP contribution in [0.1, 0.15) is 37.0 Å². The SMILES string of the molecule is Cc1cc(=O)oc2c3c(cc(OCC(=O)N[C@H](Cc4ccc(Cl)cc4)C(=O)O)c12)OC(C)(C)CC3. The van der Waals surface area contributed by atoms with Crippen molar-refractivity contribution in [3.05, 3.63) is 68.5 Å². The van der Waals surface area contributed by atoms with Crippen LogP contribution in [0.3, 0.4) is 0 Å². The molecule has 184 valence electrons. The fourth-order valence-electron chi connectivity index (χ4n) is 4.17. The first-order valence-electron chi connectivity index (χ1n) is 11.2. The highest BCUT2D eigenvalue weighted by molar-refractivity contribution is 6.30. The smallest absolute Gasteiger partial charge is 0.336 e. The Balaban J connectivity index is 1.56. The van der Waals surface area contributed by atoms with Gasteiger partial charge in [-0.3, -0.25) is 4.79 Å². The molecule has 0 bridgehead atoms. The van der Waals surface area contributed by atoms with E-state index in [9.17, 15) is 19.5 Å². The van der Waals surface area contributed by atoms with Crippen molar-refractivity contribution in [3.8, 4) is 11.5 Å². The van der Waals surface area contributed by atoms with E-state index in [0.29, 0.717) is 45.0 Å². The first-order valence-corrected chi connectivity index (χ1v) is 11.6. The number of aliphatic carboxylic acids is 1. The van der Waals surface area contributed by atoms with E-state index in [-0.39, 0.29) is 6.42 Å². The summed E-state index contributed by atoms with van der Waals surface area (Å²) in [6.45, 7) is 5.26. The van der Waals surface area contributed by atoms with Crippen molar-refractivity contribution >= 4 is 34.4 Å². The molecule has 2 N–H and O–H groups in total. The second-order valence-corrected chi connectivity index (χ2v) is 9.68. The van der Waals surface area contributed by atoms with Crippen LogP contribution in [0.25, 0.3) is 11.0 Å². The normalized spacial score (nSPS) is 15.1. The summed E-state index contributed by atoms with van der Waals surface area (Å²) in [5, 5.41) is 13.2.